The molecule has 1 atom stereocenters. The van der Waals surface area contributed by atoms with Crippen molar-refractivity contribution in [2.24, 2.45) is 5.73 Å². The molecule has 110 valence electrons. The molecule has 1 aromatic carbocycles. The van der Waals surface area contributed by atoms with Crippen LogP contribution in [0.5, 0.6) is 5.75 Å². The van der Waals surface area contributed by atoms with Crippen molar-refractivity contribution in [2.75, 3.05) is 26.2 Å². The Bertz CT molecular complexity index is 461. The van der Waals surface area contributed by atoms with Crippen molar-refractivity contribution < 1.29 is 14.6 Å². The molecule has 2 rings (SSSR count). The zero-order valence-electron chi connectivity index (χ0n) is 11.8. The number of ether oxygens (including phenoxy) is 1. The first-order chi connectivity index (χ1) is 9.47. The first-order valence-corrected chi connectivity index (χ1v) is 6.89. The quantitative estimate of drug-likeness (QED) is 0.802. The van der Waals surface area contributed by atoms with Gasteiger partial charge in [-0.2, -0.15) is 0 Å². The van der Waals surface area contributed by atoms with Crippen LogP contribution in [0.1, 0.15) is 18.4 Å². The van der Waals surface area contributed by atoms with Crippen molar-refractivity contribution in [1.29, 1.82) is 0 Å². The number of amides is 1. The molecule has 1 amide bonds. The van der Waals surface area contributed by atoms with Gasteiger partial charge < -0.3 is 15.6 Å². The third kappa shape index (κ3) is 4.21. The second-order valence-corrected chi connectivity index (χ2v) is 5.57. The number of carbonyl (C=O) groups is 1. The number of aryl methyl sites for hydroxylation is 1. The maximum absolute atomic E-state index is 10.8. The van der Waals surface area contributed by atoms with E-state index in [0.717, 1.165) is 12.3 Å². The molecule has 0 aliphatic carbocycles. The zero-order chi connectivity index (χ0) is 14.6. The van der Waals surface area contributed by atoms with Crippen molar-refractivity contribution >= 4 is 5.91 Å². The van der Waals surface area contributed by atoms with Gasteiger partial charge in [0.1, 0.15) is 18.0 Å². The summed E-state index contributed by atoms with van der Waals surface area (Å²) < 4.78 is 5.65. The van der Waals surface area contributed by atoms with Gasteiger partial charge in [0.05, 0.1) is 0 Å². The molecule has 0 spiro atoms. The highest BCUT2D eigenvalue weighted by Gasteiger charge is 2.36. The summed E-state index contributed by atoms with van der Waals surface area (Å²) in [5.74, 6) is 0.455. The Morgan fingerprint density at radius 1 is 1.45 bits per heavy atom. The standard InChI is InChI=1S/C15H22N2O3/c1-12-2-4-13(5-3-12)20-11-15(19)7-9-17(10-15)8-6-14(16)18/h2-5,19H,6-11H2,1H3,(H2,16,18)/t15-/m1/s1. The van der Waals surface area contributed by atoms with Crippen LogP contribution in [0.2, 0.25) is 0 Å². The number of hydrogen-bond donors (Lipinski definition) is 2. The lowest BCUT2D eigenvalue weighted by atomic mass is 10.1. The highest BCUT2D eigenvalue weighted by molar-refractivity contribution is 5.73. The Hall–Kier alpha value is -1.59. The summed E-state index contributed by atoms with van der Waals surface area (Å²) in [5.41, 5.74) is 5.46. The van der Waals surface area contributed by atoms with Gasteiger partial charge in [-0.3, -0.25) is 9.69 Å². The van der Waals surface area contributed by atoms with E-state index in [0.29, 0.717) is 25.9 Å². The topological polar surface area (TPSA) is 75.8 Å². The molecule has 3 N–H and O–H groups in total. The number of carbonyl (C=O) groups excluding carboxylic acids is 1. The largest absolute Gasteiger partial charge is 0.491 e. The molecule has 0 unspecified atom stereocenters. The van der Waals surface area contributed by atoms with Crippen LogP contribution >= 0.6 is 0 Å². The van der Waals surface area contributed by atoms with E-state index in [1.54, 1.807) is 0 Å². The Labute approximate surface area is 119 Å². The van der Waals surface area contributed by atoms with Crippen LogP contribution in [-0.4, -0.2) is 47.8 Å². The Morgan fingerprint density at radius 2 is 2.15 bits per heavy atom. The zero-order valence-corrected chi connectivity index (χ0v) is 11.8. The van der Waals surface area contributed by atoms with Crippen LogP contribution in [0.25, 0.3) is 0 Å². The fraction of sp³-hybridized carbons (Fsp3) is 0.533. The van der Waals surface area contributed by atoms with Gasteiger partial charge in [0.2, 0.25) is 5.91 Å². The maximum atomic E-state index is 10.8. The average molecular weight is 278 g/mol. The van der Waals surface area contributed by atoms with Gasteiger partial charge >= 0.3 is 0 Å². The van der Waals surface area contributed by atoms with E-state index in [9.17, 15) is 9.90 Å². The summed E-state index contributed by atoms with van der Waals surface area (Å²) in [6.45, 7) is 4.17. The number of aliphatic hydroxyl groups is 1. The van der Waals surface area contributed by atoms with E-state index in [1.807, 2.05) is 36.1 Å². The van der Waals surface area contributed by atoms with E-state index in [2.05, 4.69) is 0 Å². The number of nitrogens with two attached hydrogens (primary N) is 1. The Balaban J connectivity index is 1.80. The molecule has 1 heterocycles. The predicted molar refractivity (Wildman–Crippen MR) is 76.5 cm³/mol. The van der Waals surface area contributed by atoms with Crippen LogP contribution in [-0.2, 0) is 4.79 Å². The molecule has 5 heteroatoms. The second kappa shape index (κ2) is 6.24. The summed E-state index contributed by atoms with van der Waals surface area (Å²) in [7, 11) is 0. The molecule has 0 aromatic heterocycles. The minimum absolute atomic E-state index is 0.267. The molecular weight excluding hydrogens is 256 g/mol. The number of rotatable bonds is 6. The lowest BCUT2D eigenvalue weighted by Gasteiger charge is -2.23. The summed E-state index contributed by atoms with van der Waals surface area (Å²) in [6.07, 6.45) is 0.979. The van der Waals surface area contributed by atoms with Gasteiger partial charge in [-0.05, 0) is 25.5 Å². The monoisotopic (exact) mass is 278 g/mol. The highest BCUT2D eigenvalue weighted by Crippen LogP contribution is 2.23. The number of β-amino-alcohol motifs (C(OH)–C–C–N with tert-alkyl or cyclic N) is 1. The summed E-state index contributed by atoms with van der Waals surface area (Å²) in [5, 5.41) is 10.5. The van der Waals surface area contributed by atoms with Crippen molar-refractivity contribution in [2.45, 2.75) is 25.4 Å². The van der Waals surface area contributed by atoms with Crippen LogP contribution < -0.4 is 10.5 Å². The molecule has 1 aromatic rings. The summed E-state index contributed by atoms with van der Waals surface area (Å²) in [6, 6.07) is 7.76. The van der Waals surface area contributed by atoms with E-state index in [1.165, 1.54) is 5.56 Å². The molecule has 20 heavy (non-hydrogen) atoms. The number of nitrogens with zero attached hydrogens (tertiary/aromatic N) is 1. The number of likely N-dealkylation sites (tertiary alicyclic amines) is 1. The second-order valence-electron chi connectivity index (χ2n) is 5.57. The van der Waals surface area contributed by atoms with Gasteiger partial charge in [0.15, 0.2) is 0 Å². The van der Waals surface area contributed by atoms with Crippen molar-refractivity contribution in [3.63, 3.8) is 0 Å². The van der Waals surface area contributed by atoms with Crippen LogP contribution in [0.4, 0.5) is 0 Å². The summed E-state index contributed by atoms with van der Waals surface area (Å²) in [4.78, 5) is 12.8. The van der Waals surface area contributed by atoms with Crippen LogP contribution in [0.3, 0.4) is 0 Å². The van der Waals surface area contributed by atoms with E-state index < -0.39 is 5.60 Å². The normalized spacial score (nSPS) is 22.9. The maximum Gasteiger partial charge on any atom is 0.218 e. The third-order valence-corrected chi connectivity index (χ3v) is 3.61. The molecule has 1 fully saturated rings. The lowest BCUT2D eigenvalue weighted by molar-refractivity contribution is -0.118. The van der Waals surface area contributed by atoms with E-state index in [4.69, 9.17) is 10.5 Å². The molecule has 0 saturated carbocycles. The molecule has 0 radical (unpaired) electrons. The first-order valence-electron chi connectivity index (χ1n) is 6.89. The minimum atomic E-state index is -0.845. The number of primary amides is 1. The molecule has 0 bridgehead atoms. The molecule has 1 aliphatic rings. The van der Waals surface area contributed by atoms with E-state index in [-0.39, 0.29) is 12.5 Å². The van der Waals surface area contributed by atoms with Crippen LogP contribution in [0, 0.1) is 6.92 Å². The van der Waals surface area contributed by atoms with Gasteiger partial charge in [-0.15, -0.1) is 0 Å². The third-order valence-electron chi connectivity index (χ3n) is 3.61. The highest BCUT2D eigenvalue weighted by atomic mass is 16.5. The van der Waals surface area contributed by atoms with Gasteiger partial charge in [0.25, 0.3) is 0 Å². The first kappa shape index (κ1) is 14.8. The number of hydrogen-bond acceptors (Lipinski definition) is 4. The predicted octanol–water partition coefficient (Wildman–Crippen LogP) is 0.686. The number of benzene rings is 1. The molecule has 1 aliphatic heterocycles. The Kier molecular flexibility index (Phi) is 4.62. The fourth-order valence-corrected chi connectivity index (χ4v) is 2.37. The molecular formula is C15H22N2O3. The van der Waals surface area contributed by atoms with Gasteiger partial charge in [-0.25, -0.2) is 0 Å². The van der Waals surface area contributed by atoms with Crippen molar-refractivity contribution in [3.8, 4) is 5.75 Å². The van der Waals surface area contributed by atoms with Crippen molar-refractivity contribution in [1.82, 2.24) is 4.90 Å². The average Bonchev–Trinajstić information content (AvgIpc) is 2.78. The van der Waals surface area contributed by atoms with Crippen molar-refractivity contribution in [3.05, 3.63) is 29.8 Å². The smallest absolute Gasteiger partial charge is 0.218 e. The van der Waals surface area contributed by atoms with E-state index >= 15 is 0 Å². The van der Waals surface area contributed by atoms with Gasteiger partial charge in [-0.1, -0.05) is 17.7 Å². The summed E-state index contributed by atoms with van der Waals surface area (Å²) >= 11 is 0. The minimum Gasteiger partial charge on any atom is -0.491 e. The van der Waals surface area contributed by atoms with Gasteiger partial charge in [0, 0.05) is 26.1 Å². The lowest BCUT2D eigenvalue weighted by Crippen LogP contribution is -2.39. The fourth-order valence-electron chi connectivity index (χ4n) is 2.37. The molecule has 5 nitrogen and oxygen atoms in total. The molecule has 1 saturated heterocycles. The van der Waals surface area contributed by atoms with Crippen LogP contribution in [0.15, 0.2) is 24.3 Å². The SMILES string of the molecule is Cc1ccc(OC[C@@]2(O)CCN(CCC(N)=O)C2)cc1. The Morgan fingerprint density at radius 3 is 2.80 bits per heavy atom.